The minimum absolute atomic E-state index is 0.391. The molecule has 1 saturated heterocycles. The Hall–Kier alpha value is -1.39. The molecule has 21 heavy (non-hydrogen) atoms. The first kappa shape index (κ1) is 14.5. The Morgan fingerprint density at radius 1 is 1.38 bits per heavy atom. The molecule has 3 rings (SSSR count). The molecule has 4 nitrogen and oxygen atoms in total. The first-order valence-corrected chi connectivity index (χ1v) is 7.88. The highest BCUT2D eigenvalue weighted by atomic mass is 16.5. The molecule has 1 aromatic carbocycles. The lowest BCUT2D eigenvalue weighted by Gasteiger charge is -2.32. The maximum atomic E-state index is 11.5. The second-order valence-electron chi connectivity index (χ2n) is 6.10. The van der Waals surface area contributed by atoms with E-state index in [4.69, 9.17) is 4.74 Å². The van der Waals surface area contributed by atoms with Crippen LogP contribution in [0.3, 0.4) is 0 Å². The van der Waals surface area contributed by atoms with Crippen LogP contribution >= 0.6 is 0 Å². The van der Waals surface area contributed by atoms with Crippen LogP contribution in [0, 0.1) is 0 Å². The SMILES string of the molecule is O=C(O)C1CN(CCCC2CCCO2)Cc2ccccc21. The van der Waals surface area contributed by atoms with E-state index in [0.29, 0.717) is 12.6 Å². The second kappa shape index (κ2) is 6.58. The molecule has 1 aromatic rings. The van der Waals surface area contributed by atoms with E-state index in [1.807, 2.05) is 18.2 Å². The fourth-order valence-electron chi connectivity index (χ4n) is 3.48. The number of nitrogens with zero attached hydrogens (tertiary/aromatic N) is 1. The van der Waals surface area contributed by atoms with E-state index in [0.717, 1.165) is 43.7 Å². The van der Waals surface area contributed by atoms with Gasteiger partial charge < -0.3 is 9.84 Å². The molecule has 0 aromatic heterocycles. The third kappa shape index (κ3) is 3.44. The van der Waals surface area contributed by atoms with Crippen LogP contribution in [0.15, 0.2) is 24.3 Å². The average molecular weight is 289 g/mol. The molecular weight excluding hydrogens is 266 g/mol. The van der Waals surface area contributed by atoms with Crippen LogP contribution in [0.4, 0.5) is 0 Å². The van der Waals surface area contributed by atoms with Gasteiger partial charge in [0.1, 0.15) is 0 Å². The lowest BCUT2D eigenvalue weighted by Crippen LogP contribution is -2.37. The van der Waals surface area contributed by atoms with Gasteiger partial charge in [-0.3, -0.25) is 9.69 Å². The molecule has 0 bridgehead atoms. The fraction of sp³-hybridized carbons (Fsp3) is 0.588. The Morgan fingerprint density at radius 2 is 2.24 bits per heavy atom. The summed E-state index contributed by atoms with van der Waals surface area (Å²) in [5.41, 5.74) is 2.15. The quantitative estimate of drug-likeness (QED) is 0.905. The molecule has 0 amide bonds. The summed E-state index contributed by atoms with van der Waals surface area (Å²) >= 11 is 0. The van der Waals surface area contributed by atoms with Crippen molar-refractivity contribution in [1.82, 2.24) is 4.90 Å². The predicted octanol–water partition coefficient (Wildman–Crippen LogP) is 2.63. The van der Waals surface area contributed by atoms with Crippen LogP contribution in [0.1, 0.15) is 42.7 Å². The summed E-state index contributed by atoms with van der Waals surface area (Å²) in [6.07, 6.45) is 4.97. The number of benzene rings is 1. The number of carbonyl (C=O) groups is 1. The van der Waals surface area contributed by atoms with E-state index in [9.17, 15) is 9.90 Å². The lowest BCUT2D eigenvalue weighted by atomic mass is 9.89. The van der Waals surface area contributed by atoms with Crippen LogP contribution in [0.25, 0.3) is 0 Å². The van der Waals surface area contributed by atoms with E-state index in [2.05, 4.69) is 11.0 Å². The first-order valence-electron chi connectivity index (χ1n) is 7.88. The summed E-state index contributed by atoms with van der Waals surface area (Å²) < 4.78 is 5.65. The molecule has 0 saturated carbocycles. The van der Waals surface area contributed by atoms with Gasteiger partial charge in [-0.15, -0.1) is 0 Å². The van der Waals surface area contributed by atoms with E-state index < -0.39 is 11.9 Å². The number of carboxylic acid groups (broad SMARTS) is 1. The minimum atomic E-state index is -0.716. The molecule has 0 aliphatic carbocycles. The molecule has 2 unspecified atom stereocenters. The second-order valence-corrected chi connectivity index (χ2v) is 6.10. The normalized spacial score (nSPS) is 25.7. The van der Waals surface area contributed by atoms with E-state index in [-0.39, 0.29) is 0 Å². The number of fused-ring (bicyclic) bond motifs is 1. The summed E-state index contributed by atoms with van der Waals surface area (Å²) in [5.74, 6) is -1.11. The number of rotatable bonds is 5. The van der Waals surface area contributed by atoms with Gasteiger partial charge in [0.05, 0.1) is 12.0 Å². The van der Waals surface area contributed by atoms with Gasteiger partial charge in [-0.1, -0.05) is 24.3 Å². The van der Waals surface area contributed by atoms with Crippen LogP contribution in [-0.4, -0.2) is 41.8 Å². The molecule has 114 valence electrons. The standard InChI is InChI=1S/C17H23NO3/c19-17(20)16-12-18(9-3-6-14-7-4-10-21-14)11-13-5-1-2-8-15(13)16/h1-2,5,8,14,16H,3-4,6-7,9-12H2,(H,19,20). The van der Waals surface area contributed by atoms with Crippen LogP contribution in [0.2, 0.25) is 0 Å². The summed E-state index contributed by atoms with van der Waals surface area (Å²) in [6, 6.07) is 7.94. The van der Waals surface area contributed by atoms with E-state index >= 15 is 0 Å². The maximum Gasteiger partial charge on any atom is 0.312 e. The summed E-state index contributed by atoms with van der Waals surface area (Å²) in [4.78, 5) is 13.8. The van der Waals surface area contributed by atoms with Gasteiger partial charge in [0, 0.05) is 19.7 Å². The van der Waals surface area contributed by atoms with Crippen molar-refractivity contribution in [3.05, 3.63) is 35.4 Å². The number of aliphatic carboxylic acids is 1. The Morgan fingerprint density at radius 3 is 3.00 bits per heavy atom. The van der Waals surface area contributed by atoms with Gasteiger partial charge in [0.25, 0.3) is 0 Å². The highest BCUT2D eigenvalue weighted by molar-refractivity contribution is 5.77. The molecule has 4 heteroatoms. The first-order chi connectivity index (χ1) is 10.2. The van der Waals surface area contributed by atoms with Crippen LogP contribution < -0.4 is 0 Å². The van der Waals surface area contributed by atoms with Crippen molar-refractivity contribution in [3.63, 3.8) is 0 Å². The average Bonchev–Trinajstić information content (AvgIpc) is 2.99. The highest BCUT2D eigenvalue weighted by Gasteiger charge is 2.29. The molecular formula is C17H23NO3. The summed E-state index contributed by atoms with van der Waals surface area (Å²) in [6.45, 7) is 3.35. The van der Waals surface area contributed by atoms with Gasteiger partial charge in [0.2, 0.25) is 0 Å². The zero-order valence-electron chi connectivity index (χ0n) is 12.3. The molecule has 2 heterocycles. The number of carboxylic acids is 1. The Labute approximate surface area is 125 Å². The molecule has 2 atom stereocenters. The topological polar surface area (TPSA) is 49.8 Å². The number of hydrogen-bond acceptors (Lipinski definition) is 3. The third-order valence-electron chi connectivity index (χ3n) is 4.59. The van der Waals surface area contributed by atoms with Gasteiger partial charge in [-0.05, 0) is 43.4 Å². The van der Waals surface area contributed by atoms with Crippen molar-refractivity contribution in [1.29, 1.82) is 0 Å². The van der Waals surface area contributed by atoms with Crippen molar-refractivity contribution in [2.24, 2.45) is 0 Å². The van der Waals surface area contributed by atoms with E-state index in [1.54, 1.807) is 0 Å². The Bertz CT molecular complexity index is 497. The molecule has 2 aliphatic rings. The molecule has 0 spiro atoms. The van der Waals surface area contributed by atoms with Gasteiger partial charge in [-0.25, -0.2) is 0 Å². The predicted molar refractivity (Wildman–Crippen MR) is 80.3 cm³/mol. The summed E-state index contributed by atoms with van der Waals surface area (Å²) in [7, 11) is 0. The monoisotopic (exact) mass is 289 g/mol. The zero-order chi connectivity index (χ0) is 14.7. The smallest absolute Gasteiger partial charge is 0.312 e. The third-order valence-corrected chi connectivity index (χ3v) is 4.59. The van der Waals surface area contributed by atoms with Crippen LogP contribution in [-0.2, 0) is 16.1 Å². The Balaban J connectivity index is 1.59. The van der Waals surface area contributed by atoms with E-state index in [1.165, 1.54) is 12.8 Å². The van der Waals surface area contributed by atoms with Crippen molar-refractivity contribution >= 4 is 5.97 Å². The largest absolute Gasteiger partial charge is 0.481 e. The maximum absolute atomic E-state index is 11.5. The van der Waals surface area contributed by atoms with Crippen molar-refractivity contribution in [2.45, 2.75) is 44.2 Å². The Kier molecular flexibility index (Phi) is 4.56. The zero-order valence-corrected chi connectivity index (χ0v) is 12.3. The van der Waals surface area contributed by atoms with Crippen molar-refractivity contribution < 1.29 is 14.6 Å². The molecule has 1 N–H and O–H groups in total. The summed E-state index contributed by atoms with van der Waals surface area (Å²) in [5, 5.41) is 9.45. The van der Waals surface area contributed by atoms with Crippen molar-refractivity contribution in [2.75, 3.05) is 19.7 Å². The fourth-order valence-corrected chi connectivity index (χ4v) is 3.48. The lowest BCUT2D eigenvalue weighted by molar-refractivity contribution is -0.139. The minimum Gasteiger partial charge on any atom is -0.481 e. The molecule has 1 fully saturated rings. The van der Waals surface area contributed by atoms with Gasteiger partial charge in [0.15, 0.2) is 0 Å². The number of hydrogen-bond donors (Lipinski definition) is 1. The highest BCUT2D eigenvalue weighted by Crippen LogP contribution is 2.28. The molecule has 2 aliphatic heterocycles. The van der Waals surface area contributed by atoms with Gasteiger partial charge in [-0.2, -0.15) is 0 Å². The van der Waals surface area contributed by atoms with Crippen LogP contribution in [0.5, 0.6) is 0 Å². The van der Waals surface area contributed by atoms with Gasteiger partial charge >= 0.3 is 5.97 Å². The van der Waals surface area contributed by atoms with Crippen molar-refractivity contribution in [3.8, 4) is 0 Å². The molecule has 0 radical (unpaired) electrons. The number of ether oxygens (including phenoxy) is 1.